The number of nitrogens with one attached hydrogen (secondary N) is 2. The fourth-order valence-electron chi connectivity index (χ4n) is 4.76. The lowest BCUT2D eigenvalue weighted by atomic mass is 10.0. The zero-order valence-corrected chi connectivity index (χ0v) is 23.0. The predicted octanol–water partition coefficient (Wildman–Crippen LogP) is 4.27. The first kappa shape index (κ1) is 30.0. The first-order valence-electron chi connectivity index (χ1n) is 13.0. The van der Waals surface area contributed by atoms with Crippen LogP contribution in [0.25, 0.3) is 0 Å². The van der Waals surface area contributed by atoms with Crippen LogP contribution in [-0.4, -0.2) is 46.4 Å². The number of ketones is 1. The number of fused-ring (bicyclic) bond motifs is 1. The minimum atomic E-state index is -4.87. The second kappa shape index (κ2) is 11.6. The Morgan fingerprint density at radius 2 is 1.74 bits per heavy atom. The molecule has 0 unspecified atom stereocenters. The molecular weight excluding hydrogens is 596 g/mol. The molecule has 1 aliphatic heterocycles. The summed E-state index contributed by atoms with van der Waals surface area (Å²) in [5.41, 5.74) is -0.610. The molecule has 43 heavy (non-hydrogen) atoms. The number of benzene rings is 2. The Morgan fingerprint density at radius 1 is 1.05 bits per heavy atom. The summed E-state index contributed by atoms with van der Waals surface area (Å²) >= 11 is 5.79. The zero-order valence-electron chi connectivity index (χ0n) is 22.2. The minimum Gasteiger partial charge on any atom is -0.406 e. The van der Waals surface area contributed by atoms with E-state index in [2.05, 4.69) is 20.4 Å². The topological polar surface area (TPSA) is 118 Å². The van der Waals surface area contributed by atoms with Crippen LogP contribution in [0.3, 0.4) is 0 Å². The molecule has 14 heteroatoms. The molecule has 1 fully saturated rings. The van der Waals surface area contributed by atoms with Crippen molar-refractivity contribution in [1.29, 1.82) is 0 Å². The van der Waals surface area contributed by atoms with Crippen LogP contribution in [0.4, 0.5) is 23.2 Å². The molecular formula is C29H23ClF4N4O5. The van der Waals surface area contributed by atoms with Crippen molar-refractivity contribution in [2.45, 2.75) is 50.2 Å². The Kier molecular flexibility index (Phi) is 8.10. The molecule has 3 aromatic rings. The Labute approximate surface area is 247 Å². The van der Waals surface area contributed by atoms with Gasteiger partial charge in [0.2, 0.25) is 17.7 Å². The second-order valence-electron chi connectivity index (χ2n) is 10.2. The first-order chi connectivity index (χ1) is 20.3. The van der Waals surface area contributed by atoms with Gasteiger partial charge in [-0.3, -0.25) is 19.2 Å². The highest BCUT2D eigenvalue weighted by Crippen LogP contribution is 2.37. The maximum absolute atomic E-state index is 14.0. The molecule has 0 spiro atoms. The Balaban J connectivity index is 1.32. The number of ether oxygens (including phenoxy) is 1. The summed E-state index contributed by atoms with van der Waals surface area (Å²) in [5.74, 6) is -3.59. The van der Waals surface area contributed by atoms with Gasteiger partial charge in [-0.2, -0.15) is 0 Å². The number of amides is 3. The average molecular weight is 619 g/mol. The fraction of sp³-hybridized carbons (Fsp3) is 0.276. The summed E-state index contributed by atoms with van der Waals surface area (Å²) in [6.45, 7) is -0.123. The van der Waals surface area contributed by atoms with E-state index in [1.165, 1.54) is 29.2 Å². The number of rotatable bonds is 8. The highest BCUT2D eigenvalue weighted by atomic mass is 35.5. The van der Waals surface area contributed by atoms with Crippen LogP contribution < -0.4 is 20.3 Å². The molecule has 2 aromatic carbocycles. The number of pyridine rings is 1. The van der Waals surface area contributed by atoms with Crippen molar-refractivity contribution >= 4 is 40.8 Å². The summed E-state index contributed by atoms with van der Waals surface area (Å²) in [6.07, 6.45) is -5.20. The highest BCUT2D eigenvalue weighted by Gasteiger charge is 2.52. The normalized spacial score (nSPS) is 17.5. The highest BCUT2D eigenvalue weighted by molar-refractivity contribution is 6.29. The van der Waals surface area contributed by atoms with Gasteiger partial charge in [0.15, 0.2) is 5.78 Å². The van der Waals surface area contributed by atoms with Gasteiger partial charge in [-0.05, 0) is 54.8 Å². The van der Waals surface area contributed by atoms with E-state index in [1.807, 2.05) is 0 Å². The van der Waals surface area contributed by atoms with E-state index in [1.54, 1.807) is 18.2 Å². The summed E-state index contributed by atoms with van der Waals surface area (Å²) in [5, 5.41) is 5.17. The summed E-state index contributed by atoms with van der Waals surface area (Å²) < 4.78 is 55.6. The average Bonchev–Trinajstić information content (AvgIpc) is 3.74. The van der Waals surface area contributed by atoms with Crippen molar-refractivity contribution in [2.24, 2.45) is 0 Å². The van der Waals surface area contributed by atoms with Crippen LogP contribution in [0.15, 0.2) is 60.7 Å². The molecule has 0 saturated heterocycles. The van der Waals surface area contributed by atoms with E-state index in [0.717, 1.165) is 18.2 Å². The number of carbonyl (C=O) groups excluding carboxylic acids is 4. The van der Waals surface area contributed by atoms with E-state index in [0.29, 0.717) is 5.56 Å². The van der Waals surface area contributed by atoms with Crippen molar-refractivity contribution in [3.8, 4) is 5.75 Å². The fourth-order valence-corrected chi connectivity index (χ4v) is 4.93. The minimum absolute atomic E-state index is 0.00393. The molecule has 224 valence electrons. The van der Waals surface area contributed by atoms with E-state index in [9.17, 15) is 36.7 Å². The van der Waals surface area contributed by atoms with Crippen LogP contribution in [0, 0.1) is 5.82 Å². The SMILES string of the molecule is O=C(Cc1nc(Cl)ccc1F)NC1(C(=O)N[C@@H]2CC(=O)c3ccccc3N(Cc3ccc(OC(F)(F)F)cc3)C2=O)CC1. The Morgan fingerprint density at radius 3 is 2.42 bits per heavy atom. The lowest BCUT2D eigenvalue weighted by Crippen LogP contribution is -2.55. The maximum atomic E-state index is 14.0. The maximum Gasteiger partial charge on any atom is 0.573 e. The third-order valence-electron chi connectivity index (χ3n) is 7.03. The molecule has 0 bridgehead atoms. The smallest absolute Gasteiger partial charge is 0.406 e. The Bertz CT molecular complexity index is 1590. The predicted molar refractivity (Wildman–Crippen MR) is 145 cm³/mol. The van der Waals surface area contributed by atoms with Crippen molar-refractivity contribution < 1.29 is 41.5 Å². The van der Waals surface area contributed by atoms with Crippen LogP contribution in [0.1, 0.15) is 40.9 Å². The van der Waals surface area contributed by atoms with E-state index in [-0.39, 0.29) is 47.9 Å². The molecule has 3 amide bonds. The number of halogens is 5. The monoisotopic (exact) mass is 618 g/mol. The molecule has 2 N–H and O–H groups in total. The lowest BCUT2D eigenvalue weighted by Gasteiger charge is -2.27. The van der Waals surface area contributed by atoms with Gasteiger partial charge in [-0.25, -0.2) is 9.37 Å². The number of carbonyl (C=O) groups is 4. The number of anilines is 1. The zero-order chi connectivity index (χ0) is 30.9. The van der Waals surface area contributed by atoms with E-state index in [4.69, 9.17) is 11.6 Å². The number of aromatic nitrogens is 1. The van der Waals surface area contributed by atoms with Crippen molar-refractivity contribution in [2.75, 3.05) is 4.90 Å². The van der Waals surface area contributed by atoms with Gasteiger partial charge in [0.05, 0.1) is 24.3 Å². The van der Waals surface area contributed by atoms with Gasteiger partial charge in [0.25, 0.3) is 0 Å². The summed E-state index contributed by atoms with van der Waals surface area (Å²) in [6, 6.07) is 12.2. The second-order valence-corrected chi connectivity index (χ2v) is 10.5. The first-order valence-corrected chi connectivity index (χ1v) is 13.4. The molecule has 1 aromatic heterocycles. The van der Waals surface area contributed by atoms with Gasteiger partial charge >= 0.3 is 6.36 Å². The van der Waals surface area contributed by atoms with Crippen LogP contribution in [0.2, 0.25) is 5.15 Å². The third-order valence-corrected chi connectivity index (χ3v) is 7.24. The van der Waals surface area contributed by atoms with E-state index >= 15 is 0 Å². The number of para-hydroxylation sites is 1. The summed E-state index contributed by atoms with van der Waals surface area (Å²) in [7, 11) is 0. The Hall–Kier alpha value is -4.52. The van der Waals surface area contributed by atoms with Gasteiger partial charge in [-0.15, -0.1) is 13.2 Å². The van der Waals surface area contributed by atoms with Crippen LogP contribution in [0.5, 0.6) is 5.75 Å². The van der Waals surface area contributed by atoms with E-state index < -0.39 is 59.4 Å². The van der Waals surface area contributed by atoms with Gasteiger partial charge in [0.1, 0.15) is 28.3 Å². The molecule has 5 rings (SSSR count). The quantitative estimate of drug-likeness (QED) is 0.288. The van der Waals surface area contributed by atoms with Gasteiger partial charge in [-0.1, -0.05) is 35.9 Å². The standard InChI is InChI=1S/C29H23ClF4N4O5/c30-24-10-9-19(31)20(35-24)14-25(40)37-28(11-12-28)27(42)36-21-13-23(39)18-3-1-2-4-22(18)38(26(21)41)15-16-5-7-17(8-6-16)43-29(32,33)34/h1-10,21H,11-15H2,(H,36,42)(H,37,40)/t21-/m1/s1. The van der Waals surface area contributed by atoms with Crippen LogP contribution in [-0.2, 0) is 27.3 Å². The molecule has 0 radical (unpaired) electrons. The van der Waals surface area contributed by atoms with Crippen molar-refractivity contribution in [3.63, 3.8) is 0 Å². The van der Waals surface area contributed by atoms with Crippen molar-refractivity contribution in [1.82, 2.24) is 15.6 Å². The van der Waals surface area contributed by atoms with Crippen molar-refractivity contribution in [3.05, 3.63) is 88.5 Å². The van der Waals surface area contributed by atoms with Crippen LogP contribution >= 0.6 is 11.6 Å². The molecule has 1 aliphatic carbocycles. The van der Waals surface area contributed by atoms with Gasteiger partial charge in [0, 0.05) is 12.0 Å². The largest absolute Gasteiger partial charge is 0.573 e. The number of hydrogen-bond donors (Lipinski definition) is 2. The number of alkyl halides is 3. The lowest BCUT2D eigenvalue weighted by molar-refractivity contribution is -0.274. The number of hydrogen-bond acceptors (Lipinski definition) is 6. The number of nitrogens with zero attached hydrogens (tertiary/aromatic N) is 2. The molecule has 2 heterocycles. The number of Topliss-reactive ketones (excluding diaryl/α,β-unsaturated/α-hetero) is 1. The molecule has 1 saturated carbocycles. The third kappa shape index (κ3) is 6.94. The summed E-state index contributed by atoms with van der Waals surface area (Å²) in [4.78, 5) is 58.0. The molecule has 9 nitrogen and oxygen atoms in total. The molecule has 2 aliphatic rings. The van der Waals surface area contributed by atoms with Gasteiger partial charge < -0.3 is 20.3 Å². The molecule has 1 atom stereocenters.